The van der Waals surface area contributed by atoms with Crippen molar-refractivity contribution in [2.45, 2.75) is 53.9 Å². The fraction of sp³-hybridized carbons (Fsp3) is 0.357. The molecule has 0 heterocycles. The van der Waals surface area contributed by atoms with Gasteiger partial charge in [-0.25, -0.2) is 0 Å². The molecule has 29 heavy (non-hydrogen) atoms. The van der Waals surface area contributed by atoms with Crippen molar-refractivity contribution in [1.82, 2.24) is 0 Å². The minimum absolute atomic E-state index is 0.673. The van der Waals surface area contributed by atoms with Crippen molar-refractivity contribution in [2.24, 2.45) is 11.8 Å². The van der Waals surface area contributed by atoms with Gasteiger partial charge in [0.1, 0.15) is 0 Å². The van der Waals surface area contributed by atoms with Gasteiger partial charge >= 0.3 is 0 Å². The third-order valence-corrected chi connectivity index (χ3v) is 5.28. The topological polar surface area (TPSA) is 3.24 Å². The van der Waals surface area contributed by atoms with Gasteiger partial charge in [-0.2, -0.15) is 0 Å². The van der Waals surface area contributed by atoms with Crippen LogP contribution in [0.1, 0.15) is 51.3 Å². The molecule has 0 N–H and O–H groups in total. The van der Waals surface area contributed by atoms with Crippen LogP contribution in [0, 0.1) is 11.8 Å². The first-order valence-electron chi connectivity index (χ1n) is 11.0. The van der Waals surface area contributed by atoms with Crippen LogP contribution < -0.4 is 4.90 Å². The van der Waals surface area contributed by atoms with Crippen molar-refractivity contribution in [3.63, 3.8) is 0 Å². The summed E-state index contributed by atoms with van der Waals surface area (Å²) in [5.41, 5.74) is 7.79. The Kier molecular flexibility index (Phi) is 7.14. The molecule has 0 atom stereocenters. The molecule has 1 heteroatoms. The average molecular weight is 386 g/mol. The molecular formula is C28H35N. The van der Waals surface area contributed by atoms with Crippen LogP contribution in [-0.2, 0) is 19.3 Å². The van der Waals surface area contributed by atoms with E-state index >= 15 is 0 Å². The molecule has 0 aliphatic carbocycles. The molecule has 0 saturated heterocycles. The lowest BCUT2D eigenvalue weighted by molar-refractivity contribution is 0.647. The summed E-state index contributed by atoms with van der Waals surface area (Å²) in [5.74, 6) is 1.35. The van der Waals surface area contributed by atoms with Crippen molar-refractivity contribution >= 4 is 17.1 Å². The Balaban J connectivity index is 1.97. The molecule has 0 amide bonds. The first-order chi connectivity index (χ1) is 14.0. The van der Waals surface area contributed by atoms with Crippen LogP contribution in [0.25, 0.3) is 0 Å². The first-order valence-corrected chi connectivity index (χ1v) is 11.0. The number of aryl methyl sites for hydroxylation is 1. The Morgan fingerprint density at radius 3 is 1.10 bits per heavy atom. The Bertz CT molecular complexity index is 818. The third kappa shape index (κ3) is 5.73. The van der Waals surface area contributed by atoms with Crippen LogP contribution in [0.3, 0.4) is 0 Å². The minimum Gasteiger partial charge on any atom is -0.311 e. The van der Waals surface area contributed by atoms with E-state index in [0.29, 0.717) is 11.8 Å². The summed E-state index contributed by atoms with van der Waals surface area (Å²) in [4.78, 5) is 2.36. The second-order valence-corrected chi connectivity index (χ2v) is 8.88. The zero-order valence-electron chi connectivity index (χ0n) is 18.7. The van der Waals surface area contributed by atoms with E-state index in [1.165, 1.54) is 33.8 Å². The monoisotopic (exact) mass is 385 g/mol. The van der Waals surface area contributed by atoms with Gasteiger partial charge in [-0.1, -0.05) is 71.0 Å². The fourth-order valence-corrected chi connectivity index (χ4v) is 3.83. The standard InChI is InChI=1S/C28H35N/c1-6-23-7-13-26(14-8-23)29(27-15-9-24(10-16-27)19-21(2)3)28-17-11-25(12-18-28)20-22(4)5/h7-18,21-22H,6,19-20H2,1-5H3. The number of benzene rings is 3. The van der Waals surface area contributed by atoms with Crippen LogP contribution in [0.2, 0.25) is 0 Å². The van der Waals surface area contributed by atoms with E-state index in [1.54, 1.807) is 0 Å². The largest absolute Gasteiger partial charge is 0.311 e. The number of anilines is 3. The van der Waals surface area contributed by atoms with E-state index in [9.17, 15) is 0 Å². The molecule has 0 saturated carbocycles. The maximum absolute atomic E-state index is 2.36. The highest BCUT2D eigenvalue weighted by Crippen LogP contribution is 2.35. The molecule has 0 radical (unpaired) electrons. The molecule has 3 aromatic rings. The van der Waals surface area contributed by atoms with E-state index in [-0.39, 0.29) is 0 Å². The van der Waals surface area contributed by atoms with Gasteiger partial charge in [0, 0.05) is 17.1 Å². The summed E-state index contributed by atoms with van der Waals surface area (Å²) in [7, 11) is 0. The molecule has 3 aromatic carbocycles. The zero-order valence-corrected chi connectivity index (χ0v) is 18.7. The molecule has 0 aromatic heterocycles. The van der Waals surface area contributed by atoms with Crippen molar-refractivity contribution in [2.75, 3.05) is 4.90 Å². The Morgan fingerprint density at radius 1 is 0.517 bits per heavy atom. The Morgan fingerprint density at radius 2 is 0.828 bits per heavy atom. The van der Waals surface area contributed by atoms with Crippen LogP contribution in [-0.4, -0.2) is 0 Å². The molecular weight excluding hydrogens is 350 g/mol. The van der Waals surface area contributed by atoms with Gasteiger partial charge in [-0.15, -0.1) is 0 Å². The highest BCUT2D eigenvalue weighted by atomic mass is 15.1. The summed E-state index contributed by atoms with van der Waals surface area (Å²) < 4.78 is 0. The predicted octanol–water partition coefficient (Wildman–Crippen LogP) is 8.12. The first kappa shape index (κ1) is 21.2. The molecule has 0 unspecified atom stereocenters. The number of rotatable bonds is 8. The van der Waals surface area contributed by atoms with E-state index in [1.807, 2.05) is 0 Å². The quantitative estimate of drug-likeness (QED) is 0.378. The van der Waals surface area contributed by atoms with Gasteiger partial charge < -0.3 is 4.90 Å². The summed E-state index contributed by atoms with van der Waals surface area (Å²) in [6.45, 7) is 11.3. The van der Waals surface area contributed by atoms with Gasteiger partial charge in [0.15, 0.2) is 0 Å². The highest BCUT2D eigenvalue weighted by Gasteiger charge is 2.13. The molecule has 0 spiro atoms. The van der Waals surface area contributed by atoms with Crippen LogP contribution in [0.4, 0.5) is 17.1 Å². The van der Waals surface area contributed by atoms with Crippen molar-refractivity contribution in [1.29, 1.82) is 0 Å². The highest BCUT2D eigenvalue weighted by molar-refractivity contribution is 5.76. The van der Waals surface area contributed by atoms with Crippen LogP contribution in [0.5, 0.6) is 0 Å². The Labute approximate surface area is 177 Å². The second kappa shape index (κ2) is 9.78. The van der Waals surface area contributed by atoms with Gasteiger partial charge in [-0.05, 0) is 84.2 Å². The van der Waals surface area contributed by atoms with Crippen molar-refractivity contribution in [3.05, 3.63) is 89.5 Å². The van der Waals surface area contributed by atoms with E-state index < -0.39 is 0 Å². The number of hydrogen-bond acceptors (Lipinski definition) is 1. The summed E-state index contributed by atoms with van der Waals surface area (Å²) >= 11 is 0. The molecule has 0 fully saturated rings. The summed E-state index contributed by atoms with van der Waals surface area (Å²) in [6, 6.07) is 27.1. The predicted molar refractivity (Wildman–Crippen MR) is 128 cm³/mol. The van der Waals surface area contributed by atoms with E-state index in [0.717, 1.165) is 19.3 Å². The number of nitrogens with zero attached hydrogens (tertiary/aromatic N) is 1. The third-order valence-electron chi connectivity index (χ3n) is 5.28. The maximum Gasteiger partial charge on any atom is 0.0461 e. The molecule has 3 rings (SSSR count). The minimum atomic E-state index is 0.673. The molecule has 0 aliphatic rings. The number of hydrogen-bond donors (Lipinski definition) is 0. The lowest BCUT2D eigenvalue weighted by Gasteiger charge is -2.26. The summed E-state index contributed by atoms with van der Waals surface area (Å²) in [6.07, 6.45) is 3.30. The fourth-order valence-electron chi connectivity index (χ4n) is 3.83. The van der Waals surface area contributed by atoms with Gasteiger partial charge in [0.25, 0.3) is 0 Å². The van der Waals surface area contributed by atoms with Crippen LogP contribution in [0.15, 0.2) is 72.8 Å². The van der Waals surface area contributed by atoms with Crippen molar-refractivity contribution < 1.29 is 0 Å². The maximum atomic E-state index is 2.36. The SMILES string of the molecule is CCc1ccc(N(c2ccc(CC(C)C)cc2)c2ccc(CC(C)C)cc2)cc1. The summed E-state index contributed by atoms with van der Waals surface area (Å²) in [5, 5.41) is 0. The lowest BCUT2D eigenvalue weighted by atomic mass is 10.0. The van der Waals surface area contributed by atoms with Gasteiger partial charge in [-0.3, -0.25) is 0 Å². The molecule has 1 nitrogen and oxygen atoms in total. The second-order valence-electron chi connectivity index (χ2n) is 8.88. The smallest absolute Gasteiger partial charge is 0.0461 e. The van der Waals surface area contributed by atoms with Gasteiger partial charge in [0.05, 0.1) is 0 Å². The van der Waals surface area contributed by atoms with E-state index in [4.69, 9.17) is 0 Å². The molecule has 0 bridgehead atoms. The van der Waals surface area contributed by atoms with Gasteiger partial charge in [0.2, 0.25) is 0 Å². The Hall–Kier alpha value is -2.54. The normalized spacial score (nSPS) is 11.3. The van der Waals surface area contributed by atoms with Crippen molar-refractivity contribution in [3.8, 4) is 0 Å². The van der Waals surface area contributed by atoms with E-state index in [2.05, 4.69) is 112 Å². The average Bonchev–Trinajstić information content (AvgIpc) is 2.70. The van der Waals surface area contributed by atoms with Crippen LogP contribution >= 0.6 is 0 Å². The lowest BCUT2D eigenvalue weighted by Crippen LogP contribution is -2.10. The molecule has 152 valence electrons. The zero-order chi connectivity index (χ0) is 20.8. The molecule has 0 aliphatic heterocycles.